The minimum atomic E-state index is -4.47. The summed E-state index contributed by atoms with van der Waals surface area (Å²) in [5, 5.41) is 11.5. The lowest BCUT2D eigenvalue weighted by Crippen LogP contribution is -2.40. The number of alkyl halides is 4. The van der Waals surface area contributed by atoms with Gasteiger partial charge in [0.2, 0.25) is 5.91 Å². The number of amides is 1. The van der Waals surface area contributed by atoms with E-state index in [1.54, 1.807) is 0 Å². The van der Waals surface area contributed by atoms with Gasteiger partial charge in [-0.05, 0) is 31.0 Å². The molecule has 0 aromatic heterocycles. The highest BCUT2D eigenvalue weighted by atomic mass is 35.5. The van der Waals surface area contributed by atoms with Crippen molar-refractivity contribution in [2.45, 2.75) is 38.0 Å². The van der Waals surface area contributed by atoms with E-state index in [0.717, 1.165) is 6.07 Å². The standard InChI is InChI=1S/C18H18ClF4NO5/c19-13-6-5-9(7-12(13)15(26)27)24-14(25)10-3-1-2-4-11(10)16(28)29-8-18(22,23)17(20)21/h5-7,10-11,17H,1-4,8H2,(H,24,25)(H,26,27)/t10-,11-/m1/s1. The van der Waals surface area contributed by atoms with Gasteiger partial charge in [0.25, 0.3) is 0 Å². The fourth-order valence-electron chi connectivity index (χ4n) is 3.07. The van der Waals surface area contributed by atoms with E-state index in [0.29, 0.717) is 12.8 Å². The van der Waals surface area contributed by atoms with E-state index in [9.17, 15) is 31.9 Å². The van der Waals surface area contributed by atoms with E-state index >= 15 is 0 Å². The molecule has 1 aromatic rings. The van der Waals surface area contributed by atoms with Gasteiger partial charge in [0.1, 0.15) is 0 Å². The number of carboxylic acids is 1. The number of nitrogens with one attached hydrogen (secondary N) is 1. The van der Waals surface area contributed by atoms with E-state index in [1.807, 2.05) is 0 Å². The van der Waals surface area contributed by atoms with Crippen molar-refractivity contribution in [1.82, 2.24) is 0 Å². The van der Waals surface area contributed by atoms with Crippen molar-refractivity contribution in [3.8, 4) is 0 Å². The van der Waals surface area contributed by atoms with Crippen LogP contribution in [0.4, 0.5) is 23.2 Å². The summed E-state index contributed by atoms with van der Waals surface area (Å²) in [5.41, 5.74) is -0.114. The van der Waals surface area contributed by atoms with Crippen LogP contribution in [0.5, 0.6) is 0 Å². The number of ether oxygens (including phenoxy) is 1. The Hall–Kier alpha value is -2.36. The molecule has 160 valence electrons. The highest BCUT2D eigenvalue weighted by molar-refractivity contribution is 6.33. The zero-order valence-electron chi connectivity index (χ0n) is 15.0. The summed E-state index contributed by atoms with van der Waals surface area (Å²) in [6.45, 7) is -1.77. The summed E-state index contributed by atoms with van der Waals surface area (Å²) >= 11 is 5.77. The Morgan fingerprint density at radius 3 is 2.41 bits per heavy atom. The molecule has 1 aromatic carbocycles. The number of hydrogen-bond acceptors (Lipinski definition) is 4. The first-order valence-electron chi connectivity index (χ1n) is 8.69. The fraction of sp³-hybridized carbons (Fsp3) is 0.500. The van der Waals surface area contributed by atoms with E-state index in [4.69, 9.17) is 16.7 Å². The second-order valence-corrected chi connectivity index (χ2v) is 7.06. The molecule has 0 spiro atoms. The number of anilines is 1. The van der Waals surface area contributed by atoms with Gasteiger partial charge in [0.15, 0.2) is 6.61 Å². The Kier molecular flexibility index (Phi) is 7.45. The predicted molar refractivity (Wildman–Crippen MR) is 94.4 cm³/mol. The van der Waals surface area contributed by atoms with Crippen molar-refractivity contribution in [3.05, 3.63) is 28.8 Å². The smallest absolute Gasteiger partial charge is 0.340 e. The maximum absolute atomic E-state index is 13.0. The number of aromatic carboxylic acids is 1. The molecule has 0 aliphatic heterocycles. The third kappa shape index (κ3) is 5.81. The lowest BCUT2D eigenvalue weighted by Gasteiger charge is -2.29. The van der Waals surface area contributed by atoms with Crippen molar-refractivity contribution >= 4 is 35.1 Å². The molecule has 0 unspecified atom stereocenters. The molecule has 1 amide bonds. The molecular formula is C18H18ClF4NO5. The number of rotatable bonds is 7. The van der Waals surface area contributed by atoms with Crippen LogP contribution in [0.15, 0.2) is 18.2 Å². The van der Waals surface area contributed by atoms with Crippen LogP contribution in [0.2, 0.25) is 5.02 Å². The van der Waals surface area contributed by atoms with Gasteiger partial charge in [-0.25, -0.2) is 13.6 Å². The zero-order valence-corrected chi connectivity index (χ0v) is 15.7. The third-order valence-corrected chi connectivity index (χ3v) is 4.93. The molecule has 0 heterocycles. The first-order valence-corrected chi connectivity index (χ1v) is 9.07. The molecule has 0 bridgehead atoms. The van der Waals surface area contributed by atoms with Crippen molar-refractivity contribution in [3.63, 3.8) is 0 Å². The minimum Gasteiger partial charge on any atom is -0.478 e. The number of benzene rings is 1. The van der Waals surface area contributed by atoms with Crippen LogP contribution < -0.4 is 5.32 Å². The number of hydrogen-bond donors (Lipinski definition) is 2. The number of carbonyl (C=O) groups excluding carboxylic acids is 2. The number of esters is 1. The molecule has 0 saturated heterocycles. The Labute approximate surface area is 168 Å². The summed E-state index contributed by atoms with van der Waals surface area (Å²) < 4.78 is 54.8. The van der Waals surface area contributed by atoms with Crippen LogP contribution in [-0.4, -0.2) is 41.9 Å². The highest BCUT2D eigenvalue weighted by Crippen LogP contribution is 2.33. The Morgan fingerprint density at radius 2 is 1.83 bits per heavy atom. The normalized spacial score (nSPS) is 19.7. The zero-order chi connectivity index (χ0) is 21.8. The second-order valence-electron chi connectivity index (χ2n) is 6.66. The summed E-state index contributed by atoms with van der Waals surface area (Å²) in [4.78, 5) is 35.9. The quantitative estimate of drug-likeness (QED) is 0.490. The number of halogens is 5. The Balaban J connectivity index is 2.08. The van der Waals surface area contributed by atoms with Gasteiger partial charge in [-0.1, -0.05) is 24.4 Å². The van der Waals surface area contributed by atoms with Crippen LogP contribution >= 0.6 is 11.6 Å². The number of carbonyl (C=O) groups is 3. The second kappa shape index (κ2) is 9.43. The maximum atomic E-state index is 13.0. The molecule has 29 heavy (non-hydrogen) atoms. The van der Waals surface area contributed by atoms with Crippen LogP contribution in [0, 0.1) is 11.8 Å². The molecule has 6 nitrogen and oxygen atoms in total. The highest BCUT2D eigenvalue weighted by Gasteiger charge is 2.44. The predicted octanol–water partition coefficient (Wildman–Crippen LogP) is 4.23. The lowest BCUT2D eigenvalue weighted by atomic mass is 9.78. The lowest BCUT2D eigenvalue weighted by molar-refractivity contribution is -0.184. The van der Waals surface area contributed by atoms with Crippen molar-refractivity contribution in [1.29, 1.82) is 0 Å². The van der Waals surface area contributed by atoms with Gasteiger partial charge in [-0.3, -0.25) is 9.59 Å². The molecule has 2 atom stereocenters. The SMILES string of the molecule is O=C(O)c1cc(NC(=O)[C@@H]2CCCC[C@H]2C(=O)OCC(F)(F)C(F)F)ccc1Cl. The molecule has 1 saturated carbocycles. The molecule has 2 N–H and O–H groups in total. The van der Waals surface area contributed by atoms with Gasteiger partial charge >= 0.3 is 24.3 Å². The third-order valence-electron chi connectivity index (χ3n) is 4.60. The van der Waals surface area contributed by atoms with Gasteiger partial charge in [0.05, 0.1) is 22.4 Å². The van der Waals surface area contributed by atoms with Crippen LogP contribution in [-0.2, 0) is 14.3 Å². The van der Waals surface area contributed by atoms with E-state index < -0.39 is 48.6 Å². The summed E-state index contributed by atoms with van der Waals surface area (Å²) in [7, 11) is 0. The maximum Gasteiger partial charge on any atom is 0.340 e. The van der Waals surface area contributed by atoms with Gasteiger partial charge in [-0.2, -0.15) is 8.78 Å². The van der Waals surface area contributed by atoms with Gasteiger partial charge < -0.3 is 15.2 Å². The first kappa shape index (κ1) is 22.9. The van der Waals surface area contributed by atoms with Crippen LogP contribution in [0.25, 0.3) is 0 Å². The molecular weight excluding hydrogens is 422 g/mol. The molecule has 0 radical (unpaired) electrons. The van der Waals surface area contributed by atoms with Crippen LogP contribution in [0.1, 0.15) is 36.0 Å². The van der Waals surface area contributed by atoms with E-state index in [1.165, 1.54) is 12.1 Å². The summed E-state index contributed by atoms with van der Waals surface area (Å²) in [5.74, 6) is -9.55. The van der Waals surface area contributed by atoms with Crippen LogP contribution in [0.3, 0.4) is 0 Å². The molecule has 1 aliphatic carbocycles. The topological polar surface area (TPSA) is 92.7 Å². The Morgan fingerprint density at radius 1 is 1.21 bits per heavy atom. The fourth-order valence-corrected chi connectivity index (χ4v) is 3.26. The summed E-state index contributed by atoms with van der Waals surface area (Å²) in [6.07, 6.45) is -2.40. The average Bonchev–Trinajstić information content (AvgIpc) is 2.67. The van der Waals surface area contributed by atoms with Crippen molar-refractivity contribution in [2.24, 2.45) is 11.8 Å². The van der Waals surface area contributed by atoms with E-state index in [-0.39, 0.29) is 29.1 Å². The minimum absolute atomic E-state index is 0.0328. The molecule has 1 fully saturated rings. The molecule has 2 rings (SSSR count). The molecule has 11 heteroatoms. The first-order chi connectivity index (χ1) is 13.5. The largest absolute Gasteiger partial charge is 0.478 e. The average molecular weight is 440 g/mol. The summed E-state index contributed by atoms with van der Waals surface area (Å²) in [6, 6.07) is 3.79. The van der Waals surface area contributed by atoms with Gasteiger partial charge in [0, 0.05) is 5.69 Å². The van der Waals surface area contributed by atoms with E-state index in [2.05, 4.69) is 10.1 Å². The Bertz CT molecular complexity index is 790. The van der Waals surface area contributed by atoms with Gasteiger partial charge in [-0.15, -0.1) is 0 Å². The molecule has 1 aliphatic rings. The number of carboxylic acid groups (broad SMARTS) is 1. The monoisotopic (exact) mass is 439 g/mol. The van der Waals surface area contributed by atoms with Crippen molar-refractivity contribution in [2.75, 3.05) is 11.9 Å². The van der Waals surface area contributed by atoms with Crippen molar-refractivity contribution < 1.29 is 41.8 Å².